The zero-order valence-corrected chi connectivity index (χ0v) is 17.8. The van der Waals surface area contributed by atoms with E-state index >= 15 is 0 Å². The Morgan fingerprint density at radius 1 is 1.06 bits per heavy atom. The molecule has 2 aromatic carbocycles. The summed E-state index contributed by atoms with van der Waals surface area (Å²) in [5, 5.41) is 13.0. The summed E-state index contributed by atoms with van der Waals surface area (Å²) in [6.07, 6.45) is 2.88. The summed E-state index contributed by atoms with van der Waals surface area (Å²) in [5.74, 6) is 0.450. The number of nitrogens with zero attached hydrogens (tertiary/aromatic N) is 6. The van der Waals surface area contributed by atoms with E-state index in [-0.39, 0.29) is 18.0 Å². The highest BCUT2D eigenvalue weighted by Gasteiger charge is 2.27. The van der Waals surface area contributed by atoms with E-state index < -0.39 is 17.3 Å². The van der Waals surface area contributed by atoms with Crippen molar-refractivity contribution in [1.29, 1.82) is 5.26 Å². The summed E-state index contributed by atoms with van der Waals surface area (Å²) in [7, 11) is 0. The van der Waals surface area contributed by atoms with Crippen LogP contribution in [0, 0.1) is 28.9 Å². The van der Waals surface area contributed by atoms with Crippen molar-refractivity contribution in [1.82, 2.24) is 19.3 Å². The Balaban J connectivity index is 1.30. The van der Waals surface area contributed by atoms with Gasteiger partial charge in [0.15, 0.2) is 0 Å². The molecule has 0 radical (unpaired) electrons. The maximum absolute atomic E-state index is 13.9. The number of ether oxygens (including phenoxy) is 1. The van der Waals surface area contributed by atoms with Crippen LogP contribution in [-0.2, 0) is 6.54 Å². The molecule has 170 valence electrons. The number of hydrogen-bond acceptors (Lipinski definition) is 6. The van der Waals surface area contributed by atoms with Gasteiger partial charge in [-0.05, 0) is 42.5 Å². The number of pyridine rings is 1. The first-order valence-electron chi connectivity index (χ1n) is 10.5. The number of nitriles is 1. The van der Waals surface area contributed by atoms with Crippen LogP contribution in [0.1, 0.15) is 5.56 Å². The molecule has 1 aliphatic rings. The normalized spacial score (nSPS) is 13.4. The van der Waals surface area contributed by atoms with E-state index in [1.807, 2.05) is 4.90 Å². The third-order valence-corrected chi connectivity index (χ3v) is 5.55. The van der Waals surface area contributed by atoms with Crippen LogP contribution in [0.3, 0.4) is 0 Å². The summed E-state index contributed by atoms with van der Waals surface area (Å²) in [6.45, 7) is 1.02. The summed E-state index contributed by atoms with van der Waals surface area (Å²) in [4.78, 5) is 19.0. The van der Waals surface area contributed by atoms with Crippen molar-refractivity contribution >= 4 is 5.82 Å². The molecule has 0 unspecified atom stereocenters. The number of aromatic nitrogens is 4. The van der Waals surface area contributed by atoms with Crippen molar-refractivity contribution in [3.8, 4) is 23.3 Å². The lowest BCUT2D eigenvalue weighted by atomic mass is 10.0. The maximum atomic E-state index is 13.9. The van der Waals surface area contributed by atoms with Crippen molar-refractivity contribution < 1.29 is 13.5 Å². The minimum atomic E-state index is -0.723. The van der Waals surface area contributed by atoms with Crippen LogP contribution in [0.4, 0.5) is 14.6 Å². The van der Waals surface area contributed by atoms with E-state index in [0.29, 0.717) is 30.3 Å². The quantitative estimate of drug-likeness (QED) is 0.438. The molecule has 10 heteroatoms. The molecular weight excluding hydrogens is 442 g/mol. The van der Waals surface area contributed by atoms with E-state index in [4.69, 9.17) is 10.00 Å². The van der Waals surface area contributed by atoms with Gasteiger partial charge in [-0.1, -0.05) is 6.07 Å². The fourth-order valence-corrected chi connectivity index (χ4v) is 3.65. The third-order valence-electron chi connectivity index (χ3n) is 5.55. The third kappa shape index (κ3) is 4.11. The zero-order valence-electron chi connectivity index (χ0n) is 17.8. The lowest BCUT2D eigenvalue weighted by Gasteiger charge is -2.36. The molecule has 0 N–H and O–H groups in total. The van der Waals surface area contributed by atoms with Crippen molar-refractivity contribution in [2.24, 2.45) is 5.92 Å². The van der Waals surface area contributed by atoms with Crippen molar-refractivity contribution in [2.45, 2.75) is 6.54 Å². The second-order valence-corrected chi connectivity index (χ2v) is 7.83. The molecule has 2 aromatic heterocycles. The Labute approximate surface area is 192 Å². The average molecular weight is 460 g/mol. The highest BCUT2D eigenvalue weighted by Crippen LogP contribution is 2.28. The summed E-state index contributed by atoms with van der Waals surface area (Å²) >= 11 is 0. The van der Waals surface area contributed by atoms with Crippen LogP contribution in [0.25, 0.3) is 5.69 Å². The van der Waals surface area contributed by atoms with Gasteiger partial charge in [-0.2, -0.15) is 15.0 Å². The van der Waals surface area contributed by atoms with E-state index in [1.165, 1.54) is 12.4 Å². The van der Waals surface area contributed by atoms with Gasteiger partial charge >= 0.3 is 5.69 Å². The number of halogens is 2. The summed E-state index contributed by atoms with van der Waals surface area (Å²) < 4.78 is 36.0. The SMILES string of the molecule is N#CC1CN(c2cc(Oc3ccc(-n4ncn(Cc5c(F)cccc5F)c4=O)cc3)ccn2)C1. The first kappa shape index (κ1) is 21.3. The first-order chi connectivity index (χ1) is 16.5. The molecule has 3 heterocycles. The second-order valence-electron chi connectivity index (χ2n) is 7.83. The van der Waals surface area contributed by atoms with Crippen molar-refractivity contribution in [3.63, 3.8) is 0 Å². The average Bonchev–Trinajstić information content (AvgIpc) is 3.16. The minimum absolute atomic E-state index is 0.0246. The number of benzene rings is 2. The summed E-state index contributed by atoms with van der Waals surface area (Å²) in [6, 6.07) is 16.0. The predicted molar refractivity (Wildman–Crippen MR) is 119 cm³/mol. The highest BCUT2D eigenvalue weighted by atomic mass is 19.1. The van der Waals surface area contributed by atoms with Crippen LogP contribution in [0.5, 0.6) is 11.5 Å². The molecule has 0 amide bonds. The fourth-order valence-electron chi connectivity index (χ4n) is 3.65. The van der Waals surface area contributed by atoms with Gasteiger partial charge in [-0.3, -0.25) is 4.57 Å². The Hall–Kier alpha value is -4.52. The number of rotatable bonds is 6. The molecule has 1 aliphatic heterocycles. The van der Waals surface area contributed by atoms with Gasteiger partial charge in [0.2, 0.25) is 0 Å². The van der Waals surface area contributed by atoms with Gasteiger partial charge in [0, 0.05) is 30.9 Å². The molecule has 0 atom stereocenters. The summed E-state index contributed by atoms with van der Waals surface area (Å²) in [5.41, 5.74) is -0.255. The Morgan fingerprint density at radius 3 is 2.50 bits per heavy atom. The molecule has 8 nitrogen and oxygen atoms in total. The topological polar surface area (TPSA) is 89.0 Å². The smallest absolute Gasteiger partial charge is 0.350 e. The molecular formula is C24H18F2N6O2. The number of anilines is 1. The van der Waals surface area contributed by atoms with Crippen LogP contribution in [0.15, 0.2) is 71.9 Å². The predicted octanol–water partition coefficient (Wildman–Crippen LogP) is 3.51. The fraction of sp³-hybridized carbons (Fsp3) is 0.167. The number of hydrogen-bond donors (Lipinski definition) is 0. The second kappa shape index (κ2) is 8.78. The Bertz CT molecular complexity index is 1410. The monoisotopic (exact) mass is 460 g/mol. The molecule has 0 saturated carbocycles. The minimum Gasteiger partial charge on any atom is -0.457 e. The van der Waals surface area contributed by atoms with E-state index in [1.54, 1.807) is 42.6 Å². The lowest BCUT2D eigenvalue weighted by Crippen LogP contribution is -2.46. The standard InChI is InChI=1S/C24H18F2N6O2/c25-21-2-1-3-22(26)20(21)14-31-15-29-32(24(31)33)17-4-6-18(7-5-17)34-19-8-9-28-23(10-19)30-12-16(11-27)13-30/h1-10,15-16H,12-14H2. The van der Waals surface area contributed by atoms with E-state index in [2.05, 4.69) is 16.2 Å². The molecule has 1 fully saturated rings. The van der Waals surface area contributed by atoms with Gasteiger partial charge in [-0.25, -0.2) is 18.6 Å². The van der Waals surface area contributed by atoms with Crippen LogP contribution in [0.2, 0.25) is 0 Å². The van der Waals surface area contributed by atoms with Crippen LogP contribution < -0.4 is 15.3 Å². The van der Waals surface area contributed by atoms with Crippen LogP contribution >= 0.6 is 0 Å². The van der Waals surface area contributed by atoms with Gasteiger partial charge in [0.1, 0.15) is 35.3 Å². The largest absolute Gasteiger partial charge is 0.457 e. The molecule has 0 spiro atoms. The van der Waals surface area contributed by atoms with Crippen molar-refractivity contribution in [2.75, 3.05) is 18.0 Å². The highest BCUT2D eigenvalue weighted by molar-refractivity contribution is 5.48. The van der Waals surface area contributed by atoms with Crippen LogP contribution in [-0.4, -0.2) is 32.4 Å². The van der Waals surface area contributed by atoms with Gasteiger partial charge in [0.05, 0.1) is 24.2 Å². The molecule has 34 heavy (non-hydrogen) atoms. The molecule has 5 rings (SSSR count). The maximum Gasteiger partial charge on any atom is 0.350 e. The van der Waals surface area contributed by atoms with Gasteiger partial charge < -0.3 is 9.64 Å². The molecule has 4 aromatic rings. The molecule has 0 aliphatic carbocycles. The zero-order chi connectivity index (χ0) is 23.7. The Kier molecular flexibility index (Phi) is 5.51. The van der Waals surface area contributed by atoms with Crippen molar-refractivity contribution in [3.05, 3.63) is 94.8 Å². The van der Waals surface area contributed by atoms with Gasteiger partial charge in [-0.15, -0.1) is 0 Å². The molecule has 1 saturated heterocycles. The van der Waals surface area contributed by atoms with E-state index in [9.17, 15) is 13.6 Å². The lowest BCUT2D eigenvalue weighted by molar-refractivity contribution is 0.475. The molecule has 0 bridgehead atoms. The first-order valence-corrected chi connectivity index (χ1v) is 10.5. The Morgan fingerprint density at radius 2 is 1.79 bits per heavy atom. The van der Waals surface area contributed by atoms with Gasteiger partial charge in [0.25, 0.3) is 0 Å². The van der Waals surface area contributed by atoms with E-state index in [0.717, 1.165) is 27.2 Å².